The highest BCUT2D eigenvalue weighted by Gasteiger charge is 2.12. The van der Waals surface area contributed by atoms with Crippen LogP contribution in [0, 0.1) is 5.92 Å². The molecule has 0 saturated heterocycles. The van der Waals surface area contributed by atoms with Crippen LogP contribution in [0.25, 0.3) is 11.0 Å². The summed E-state index contributed by atoms with van der Waals surface area (Å²) in [6.45, 7) is 6.55. The zero-order valence-electron chi connectivity index (χ0n) is 14.6. The van der Waals surface area contributed by atoms with Crippen molar-refractivity contribution < 1.29 is 0 Å². The Kier molecular flexibility index (Phi) is 4.38. The zero-order valence-corrected chi connectivity index (χ0v) is 14.6. The number of nitrogens with zero attached hydrogens (tertiary/aromatic N) is 4. The van der Waals surface area contributed by atoms with Crippen molar-refractivity contribution in [3.8, 4) is 0 Å². The molecule has 2 heterocycles. The van der Waals surface area contributed by atoms with Crippen LogP contribution in [-0.4, -0.2) is 19.7 Å². The van der Waals surface area contributed by atoms with Gasteiger partial charge in [0.25, 0.3) is 0 Å². The van der Waals surface area contributed by atoms with E-state index in [0.29, 0.717) is 17.7 Å². The van der Waals surface area contributed by atoms with E-state index in [2.05, 4.69) is 65.4 Å². The molecule has 0 aliphatic heterocycles. The van der Waals surface area contributed by atoms with Crippen molar-refractivity contribution in [2.75, 3.05) is 11.1 Å². The third-order valence-electron chi connectivity index (χ3n) is 4.09. The average molecular weight is 324 g/mol. The molecule has 6 nitrogen and oxygen atoms in total. The molecule has 24 heavy (non-hydrogen) atoms. The summed E-state index contributed by atoms with van der Waals surface area (Å²) in [7, 11) is 1.84. The minimum atomic E-state index is 0.0863. The summed E-state index contributed by atoms with van der Waals surface area (Å²) >= 11 is 0. The number of fused-ring (bicyclic) bond motifs is 1. The van der Waals surface area contributed by atoms with Gasteiger partial charge in [0.05, 0.1) is 17.6 Å². The van der Waals surface area contributed by atoms with Gasteiger partial charge in [-0.1, -0.05) is 38.1 Å². The molecule has 0 aliphatic rings. The van der Waals surface area contributed by atoms with Gasteiger partial charge in [-0.3, -0.25) is 4.68 Å². The first-order valence-corrected chi connectivity index (χ1v) is 8.24. The fraction of sp³-hybridized carbons (Fsp3) is 0.389. The molecule has 6 heteroatoms. The SMILES string of the molecule is CC(C)Cc1ccc(C(C)Nc2nc(N)c3cnn(C)c3n2)cc1. The van der Waals surface area contributed by atoms with Gasteiger partial charge in [-0.15, -0.1) is 0 Å². The van der Waals surface area contributed by atoms with Gasteiger partial charge >= 0.3 is 0 Å². The average Bonchev–Trinajstić information content (AvgIpc) is 2.89. The lowest BCUT2D eigenvalue weighted by Crippen LogP contribution is -2.11. The van der Waals surface area contributed by atoms with Crippen molar-refractivity contribution in [1.82, 2.24) is 19.7 Å². The van der Waals surface area contributed by atoms with E-state index in [1.807, 2.05) is 7.05 Å². The molecule has 2 aromatic heterocycles. The quantitative estimate of drug-likeness (QED) is 0.752. The number of nitrogen functional groups attached to an aromatic ring is 1. The fourth-order valence-electron chi connectivity index (χ4n) is 2.80. The number of anilines is 2. The minimum absolute atomic E-state index is 0.0863. The number of hydrogen-bond donors (Lipinski definition) is 2. The molecule has 0 aliphatic carbocycles. The van der Waals surface area contributed by atoms with E-state index in [4.69, 9.17) is 5.73 Å². The molecule has 1 aromatic carbocycles. The van der Waals surface area contributed by atoms with Crippen LogP contribution in [0.5, 0.6) is 0 Å². The Morgan fingerprint density at radius 3 is 2.50 bits per heavy atom. The Bertz CT molecular complexity index is 835. The lowest BCUT2D eigenvalue weighted by atomic mass is 10.00. The highest BCUT2D eigenvalue weighted by atomic mass is 15.3. The number of aryl methyl sites for hydroxylation is 1. The van der Waals surface area contributed by atoms with Crippen LogP contribution < -0.4 is 11.1 Å². The Morgan fingerprint density at radius 1 is 1.12 bits per heavy atom. The number of benzene rings is 1. The van der Waals surface area contributed by atoms with Crippen LogP contribution >= 0.6 is 0 Å². The summed E-state index contributed by atoms with van der Waals surface area (Å²) in [5, 5.41) is 8.27. The van der Waals surface area contributed by atoms with Gasteiger partial charge in [0.2, 0.25) is 5.95 Å². The molecule has 0 saturated carbocycles. The highest BCUT2D eigenvalue weighted by molar-refractivity contribution is 5.86. The van der Waals surface area contributed by atoms with Crippen LogP contribution in [0.3, 0.4) is 0 Å². The van der Waals surface area contributed by atoms with Gasteiger partial charge in [0.1, 0.15) is 5.82 Å². The maximum Gasteiger partial charge on any atom is 0.227 e. The van der Waals surface area contributed by atoms with Crippen molar-refractivity contribution in [3.63, 3.8) is 0 Å². The molecule has 1 atom stereocenters. The number of nitrogens with one attached hydrogen (secondary N) is 1. The molecule has 0 spiro atoms. The Hall–Kier alpha value is -2.63. The summed E-state index contributed by atoms with van der Waals surface area (Å²) < 4.78 is 1.70. The number of aromatic nitrogens is 4. The minimum Gasteiger partial charge on any atom is -0.383 e. The molecule has 0 bridgehead atoms. The van der Waals surface area contributed by atoms with Crippen LogP contribution in [0.2, 0.25) is 0 Å². The zero-order chi connectivity index (χ0) is 17.3. The highest BCUT2D eigenvalue weighted by Crippen LogP contribution is 2.22. The molecule has 0 radical (unpaired) electrons. The van der Waals surface area contributed by atoms with E-state index in [0.717, 1.165) is 17.5 Å². The topological polar surface area (TPSA) is 81.6 Å². The summed E-state index contributed by atoms with van der Waals surface area (Å²) in [6.07, 6.45) is 2.78. The predicted octanol–water partition coefficient (Wildman–Crippen LogP) is 3.32. The van der Waals surface area contributed by atoms with Crippen molar-refractivity contribution in [2.24, 2.45) is 13.0 Å². The monoisotopic (exact) mass is 324 g/mol. The van der Waals surface area contributed by atoms with Gasteiger partial charge in [0.15, 0.2) is 5.65 Å². The first kappa shape index (κ1) is 16.2. The lowest BCUT2D eigenvalue weighted by Gasteiger charge is -2.15. The van der Waals surface area contributed by atoms with Crippen molar-refractivity contribution in [3.05, 3.63) is 41.6 Å². The molecular weight excluding hydrogens is 300 g/mol. The van der Waals surface area contributed by atoms with E-state index < -0.39 is 0 Å². The summed E-state index contributed by atoms with van der Waals surface area (Å²) in [6, 6.07) is 8.77. The molecule has 0 amide bonds. The number of nitrogens with two attached hydrogens (primary N) is 1. The van der Waals surface area contributed by atoms with Crippen molar-refractivity contribution in [2.45, 2.75) is 33.2 Å². The Morgan fingerprint density at radius 2 is 1.83 bits per heavy atom. The third-order valence-corrected chi connectivity index (χ3v) is 4.09. The summed E-state index contributed by atoms with van der Waals surface area (Å²) in [5.41, 5.74) is 9.28. The Labute approximate surface area is 142 Å². The van der Waals surface area contributed by atoms with E-state index in [9.17, 15) is 0 Å². The first-order valence-electron chi connectivity index (χ1n) is 8.24. The van der Waals surface area contributed by atoms with Gasteiger partial charge in [0, 0.05) is 7.05 Å². The largest absolute Gasteiger partial charge is 0.383 e. The molecule has 3 N–H and O–H groups in total. The molecule has 126 valence electrons. The molecule has 1 unspecified atom stereocenters. The van der Waals surface area contributed by atoms with Gasteiger partial charge in [-0.25, -0.2) is 0 Å². The van der Waals surface area contributed by atoms with Crippen LogP contribution in [0.4, 0.5) is 11.8 Å². The first-order chi connectivity index (χ1) is 11.4. The van der Waals surface area contributed by atoms with E-state index >= 15 is 0 Å². The maximum absolute atomic E-state index is 6.01. The second-order valence-corrected chi connectivity index (χ2v) is 6.64. The van der Waals surface area contributed by atoms with Gasteiger partial charge in [-0.2, -0.15) is 15.1 Å². The lowest BCUT2D eigenvalue weighted by molar-refractivity contribution is 0.647. The Balaban J connectivity index is 1.79. The van der Waals surface area contributed by atoms with E-state index in [-0.39, 0.29) is 6.04 Å². The molecule has 3 aromatic rings. The van der Waals surface area contributed by atoms with Crippen LogP contribution in [-0.2, 0) is 13.5 Å². The number of hydrogen-bond acceptors (Lipinski definition) is 5. The second kappa shape index (κ2) is 6.47. The fourth-order valence-corrected chi connectivity index (χ4v) is 2.80. The van der Waals surface area contributed by atoms with Gasteiger partial charge in [-0.05, 0) is 30.4 Å². The summed E-state index contributed by atoms with van der Waals surface area (Å²) in [5.74, 6) is 1.62. The smallest absolute Gasteiger partial charge is 0.227 e. The second-order valence-electron chi connectivity index (χ2n) is 6.64. The molecular formula is C18H24N6. The van der Waals surface area contributed by atoms with Crippen molar-refractivity contribution >= 4 is 22.8 Å². The standard InChI is InChI=1S/C18H24N6/c1-11(2)9-13-5-7-14(8-6-13)12(3)21-18-22-16(19)15-10-20-24(4)17(15)23-18/h5-8,10-12H,9H2,1-4H3,(H3,19,21,22,23). The van der Waals surface area contributed by atoms with E-state index in [1.165, 1.54) is 11.1 Å². The van der Waals surface area contributed by atoms with Gasteiger partial charge < -0.3 is 11.1 Å². The third kappa shape index (κ3) is 3.32. The molecule has 0 fully saturated rings. The van der Waals surface area contributed by atoms with Crippen LogP contribution in [0.1, 0.15) is 37.9 Å². The molecule has 3 rings (SSSR count). The summed E-state index contributed by atoms with van der Waals surface area (Å²) in [4.78, 5) is 8.86. The number of rotatable bonds is 5. The van der Waals surface area contributed by atoms with Crippen molar-refractivity contribution in [1.29, 1.82) is 0 Å². The van der Waals surface area contributed by atoms with E-state index in [1.54, 1.807) is 10.9 Å². The van der Waals surface area contributed by atoms with Crippen LogP contribution in [0.15, 0.2) is 30.5 Å². The normalized spacial score (nSPS) is 12.7. The maximum atomic E-state index is 6.01. The predicted molar refractivity (Wildman–Crippen MR) is 97.7 cm³/mol.